The molecule has 1 unspecified atom stereocenters. The van der Waals surface area contributed by atoms with Crippen LogP contribution < -0.4 is 5.32 Å². The van der Waals surface area contributed by atoms with Crippen LogP contribution in [0.1, 0.15) is 43.5 Å². The molecule has 1 aromatic rings. The smallest absolute Gasteiger partial charge is 0.220 e. The van der Waals surface area contributed by atoms with Crippen LogP contribution in [0.2, 0.25) is 0 Å². The molecule has 116 valence electrons. The number of nitrogens with one attached hydrogen (secondary N) is 1. The Morgan fingerprint density at radius 1 is 1.19 bits per heavy atom. The molecule has 0 aromatic heterocycles. The fourth-order valence-corrected chi connectivity index (χ4v) is 1.79. The second-order valence-corrected chi connectivity index (χ2v) is 5.38. The first-order chi connectivity index (χ1) is 9.90. The molecular weight excluding hydrogens is 273 g/mol. The van der Waals surface area contributed by atoms with Crippen molar-refractivity contribution in [1.82, 2.24) is 5.32 Å². The molecule has 0 heterocycles. The van der Waals surface area contributed by atoms with Gasteiger partial charge in [0.1, 0.15) is 5.82 Å². The van der Waals surface area contributed by atoms with Gasteiger partial charge in [0, 0.05) is 24.9 Å². The van der Waals surface area contributed by atoms with Gasteiger partial charge in [-0.1, -0.05) is 13.8 Å². The van der Waals surface area contributed by atoms with E-state index in [1.165, 1.54) is 24.3 Å². The van der Waals surface area contributed by atoms with Gasteiger partial charge in [0.2, 0.25) is 5.91 Å². The molecule has 4 nitrogen and oxygen atoms in total. The second kappa shape index (κ2) is 8.52. The Bertz CT molecular complexity index is 471. The minimum atomic E-state index is -0.439. The topological polar surface area (TPSA) is 66.4 Å². The van der Waals surface area contributed by atoms with E-state index in [1.807, 2.05) is 13.8 Å². The maximum atomic E-state index is 12.7. The van der Waals surface area contributed by atoms with Crippen molar-refractivity contribution in [2.24, 2.45) is 5.92 Å². The number of aliphatic hydroxyl groups excluding tert-OH is 1. The molecule has 1 amide bonds. The number of benzene rings is 1. The third kappa shape index (κ3) is 6.49. The van der Waals surface area contributed by atoms with E-state index in [1.54, 1.807) is 0 Å². The Morgan fingerprint density at radius 2 is 1.81 bits per heavy atom. The maximum Gasteiger partial charge on any atom is 0.220 e. The highest BCUT2D eigenvalue weighted by molar-refractivity contribution is 5.97. The number of ketones is 1. The zero-order valence-electron chi connectivity index (χ0n) is 12.4. The summed E-state index contributed by atoms with van der Waals surface area (Å²) in [4.78, 5) is 23.4. The van der Waals surface area contributed by atoms with E-state index in [9.17, 15) is 19.1 Å². The van der Waals surface area contributed by atoms with Gasteiger partial charge < -0.3 is 10.4 Å². The lowest BCUT2D eigenvalue weighted by molar-refractivity contribution is -0.121. The molecule has 0 aliphatic carbocycles. The third-order valence-corrected chi connectivity index (χ3v) is 3.28. The van der Waals surface area contributed by atoms with Crippen LogP contribution in [0.5, 0.6) is 0 Å². The summed E-state index contributed by atoms with van der Waals surface area (Å²) in [5, 5.41) is 12.3. The Hall–Kier alpha value is -1.75. The minimum Gasteiger partial charge on any atom is -0.393 e. The van der Waals surface area contributed by atoms with Crippen molar-refractivity contribution in [3.05, 3.63) is 35.6 Å². The lowest BCUT2D eigenvalue weighted by Crippen LogP contribution is -2.28. The molecule has 0 spiro atoms. The van der Waals surface area contributed by atoms with Crippen LogP contribution in [0.3, 0.4) is 0 Å². The molecule has 5 heteroatoms. The zero-order chi connectivity index (χ0) is 15.8. The standard InChI is InChI=1S/C16H22FNO3/c1-11(2)14(19)9-10-18-16(21)8-7-15(20)12-3-5-13(17)6-4-12/h3-6,11,14,19H,7-10H2,1-2H3,(H,18,21). The first-order valence-electron chi connectivity index (χ1n) is 7.13. The number of hydrogen-bond donors (Lipinski definition) is 2. The van der Waals surface area contributed by atoms with E-state index in [2.05, 4.69) is 5.32 Å². The summed E-state index contributed by atoms with van der Waals surface area (Å²) in [6.45, 7) is 4.21. The molecule has 0 aliphatic rings. The van der Waals surface area contributed by atoms with E-state index in [4.69, 9.17) is 0 Å². The van der Waals surface area contributed by atoms with Crippen LogP contribution in [0, 0.1) is 11.7 Å². The summed E-state index contributed by atoms with van der Waals surface area (Å²) in [6.07, 6.45) is 0.235. The van der Waals surface area contributed by atoms with Gasteiger partial charge in [-0.25, -0.2) is 4.39 Å². The number of aliphatic hydroxyl groups is 1. The Morgan fingerprint density at radius 3 is 2.38 bits per heavy atom. The number of hydrogen-bond acceptors (Lipinski definition) is 3. The molecule has 0 aliphatic heterocycles. The van der Waals surface area contributed by atoms with E-state index in [0.29, 0.717) is 18.5 Å². The predicted octanol–water partition coefficient (Wildman–Crippen LogP) is 2.31. The zero-order valence-corrected chi connectivity index (χ0v) is 12.4. The van der Waals surface area contributed by atoms with Gasteiger partial charge in [-0.05, 0) is 36.6 Å². The summed E-state index contributed by atoms with van der Waals surface area (Å²) >= 11 is 0. The first-order valence-corrected chi connectivity index (χ1v) is 7.13. The Balaban J connectivity index is 2.26. The van der Waals surface area contributed by atoms with E-state index >= 15 is 0 Å². The lowest BCUT2D eigenvalue weighted by atomic mass is 10.0. The number of rotatable bonds is 8. The van der Waals surface area contributed by atoms with Gasteiger partial charge in [0.15, 0.2) is 5.78 Å². The van der Waals surface area contributed by atoms with Crippen molar-refractivity contribution in [3.8, 4) is 0 Å². The van der Waals surface area contributed by atoms with Gasteiger partial charge in [-0.15, -0.1) is 0 Å². The summed E-state index contributed by atoms with van der Waals surface area (Å²) in [7, 11) is 0. The van der Waals surface area contributed by atoms with Crippen molar-refractivity contribution in [1.29, 1.82) is 0 Å². The van der Waals surface area contributed by atoms with E-state index in [-0.39, 0.29) is 30.4 Å². The third-order valence-electron chi connectivity index (χ3n) is 3.28. The average molecular weight is 295 g/mol. The summed E-state index contributed by atoms with van der Waals surface area (Å²) in [6, 6.07) is 5.27. The highest BCUT2D eigenvalue weighted by Crippen LogP contribution is 2.08. The molecular formula is C16H22FNO3. The number of halogens is 1. The normalized spacial score (nSPS) is 12.2. The molecule has 1 aromatic carbocycles. The van der Waals surface area contributed by atoms with Gasteiger partial charge in [0.25, 0.3) is 0 Å². The van der Waals surface area contributed by atoms with Gasteiger partial charge in [-0.3, -0.25) is 9.59 Å². The Kier molecular flexibility index (Phi) is 7.02. The largest absolute Gasteiger partial charge is 0.393 e. The Labute approximate surface area is 124 Å². The molecule has 1 atom stereocenters. The number of amides is 1. The molecule has 21 heavy (non-hydrogen) atoms. The second-order valence-electron chi connectivity index (χ2n) is 5.38. The van der Waals surface area contributed by atoms with E-state index < -0.39 is 11.9 Å². The summed E-state index contributed by atoms with van der Waals surface area (Å²) in [5.74, 6) is -0.649. The monoisotopic (exact) mass is 295 g/mol. The van der Waals surface area contributed by atoms with Crippen LogP contribution in [0.15, 0.2) is 24.3 Å². The lowest BCUT2D eigenvalue weighted by Gasteiger charge is -2.14. The van der Waals surface area contributed by atoms with Crippen molar-refractivity contribution < 1.29 is 19.1 Å². The summed E-state index contributed by atoms with van der Waals surface area (Å²) < 4.78 is 12.7. The van der Waals surface area contributed by atoms with Crippen molar-refractivity contribution >= 4 is 11.7 Å². The van der Waals surface area contributed by atoms with E-state index in [0.717, 1.165) is 0 Å². The average Bonchev–Trinajstić information content (AvgIpc) is 2.45. The molecule has 2 N–H and O–H groups in total. The summed E-state index contributed by atoms with van der Waals surface area (Å²) in [5.41, 5.74) is 0.402. The highest BCUT2D eigenvalue weighted by Gasteiger charge is 2.11. The SMILES string of the molecule is CC(C)C(O)CCNC(=O)CCC(=O)c1ccc(F)cc1. The fraction of sp³-hybridized carbons (Fsp3) is 0.500. The highest BCUT2D eigenvalue weighted by atomic mass is 19.1. The van der Waals surface area contributed by atoms with Crippen LogP contribution in [0.25, 0.3) is 0 Å². The molecule has 1 rings (SSSR count). The molecule has 0 saturated carbocycles. The molecule has 0 saturated heterocycles. The number of carbonyl (C=O) groups excluding carboxylic acids is 2. The quantitative estimate of drug-likeness (QED) is 0.723. The van der Waals surface area contributed by atoms with Crippen LogP contribution >= 0.6 is 0 Å². The van der Waals surface area contributed by atoms with Crippen LogP contribution in [-0.4, -0.2) is 29.4 Å². The van der Waals surface area contributed by atoms with Crippen molar-refractivity contribution in [3.63, 3.8) is 0 Å². The van der Waals surface area contributed by atoms with Gasteiger partial charge >= 0.3 is 0 Å². The molecule has 0 fully saturated rings. The minimum absolute atomic E-state index is 0.0875. The van der Waals surface area contributed by atoms with Crippen LogP contribution in [-0.2, 0) is 4.79 Å². The van der Waals surface area contributed by atoms with Crippen molar-refractivity contribution in [2.45, 2.75) is 39.2 Å². The van der Waals surface area contributed by atoms with Gasteiger partial charge in [-0.2, -0.15) is 0 Å². The fourth-order valence-electron chi connectivity index (χ4n) is 1.79. The molecule has 0 radical (unpaired) electrons. The number of Topliss-reactive ketones (excluding diaryl/α,β-unsaturated/α-hetero) is 1. The van der Waals surface area contributed by atoms with Crippen molar-refractivity contribution in [2.75, 3.05) is 6.54 Å². The van der Waals surface area contributed by atoms with Gasteiger partial charge in [0.05, 0.1) is 6.10 Å². The first kappa shape index (κ1) is 17.3. The number of carbonyl (C=O) groups is 2. The predicted molar refractivity (Wildman–Crippen MR) is 78.4 cm³/mol. The van der Waals surface area contributed by atoms with Crippen LogP contribution in [0.4, 0.5) is 4.39 Å². The maximum absolute atomic E-state index is 12.7. The molecule has 0 bridgehead atoms.